The standard InChI is InChI=1S/C16H21N3O2/c1-12(19-8-9-21-16(2,3)11-19)15(20)18-14-7-5-4-6-13(14)10-17/h4-7,12H,8-9,11H2,1-3H3,(H,18,20). The number of anilines is 1. The number of amides is 1. The highest BCUT2D eigenvalue weighted by Crippen LogP contribution is 2.20. The van der Waals surface area contributed by atoms with E-state index >= 15 is 0 Å². The van der Waals surface area contributed by atoms with E-state index in [0.29, 0.717) is 24.4 Å². The second-order valence-corrected chi connectivity index (χ2v) is 5.90. The van der Waals surface area contributed by atoms with E-state index in [2.05, 4.69) is 16.3 Å². The van der Waals surface area contributed by atoms with Gasteiger partial charge in [0.05, 0.1) is 29.5 Å². The number of hydrogen-bond acceptors (Lipinski definition) is 4. The van der Waals surface area contributed by atoms with Gasteiger partial charge >= 0.3 is 0 Å². The number of benzene rings is 1. The van der Waals surface area contributed by atoms with Crippen LogP contribution in [0, 0.1) is 11.3 Å². The normalized spacial score (nSPS) is 19.5. The van der Waals surface area contributed by atoms with Crippen LogP contribution in [0.5, 0.6) is 0 Å². The van der Waals surface area contributed by atoms with Crippen molar-refractivity contribution in [3.63, 3.8) is 0 Å². The number of carbonyl (C=O) groups is 1. The molecule has 0 radical (unpaired) electrons. The van der Waals surface area contributed by atoms with Gasteiger partial charge in [0.25, 0.3) is 0 Å². The molecule has 5 nitrogen and oxygen atoms in total. The van der Waals surface area contributed by atoms with Gasteiger partial charge in [-0.1, -0.05) is 12.1 Å². The summed E-state index contributed by atoms with van der Waals surface area (Å²) in [5.41, 5.74) is 0.793. The predicted molar refractivity (Wildman–Crippen MR) is 80.9 cm³/mol. The quantitative estimate of drug-likeness (QED) is 0.923. The van der Waals surface area contributed by atoms with Crippen LogP contribution in [0.1, 0.15) is 26.3 Å². The van der Waals surface area contributed by atoms with Crippen LogP contribution in [-0.2, 0) is 9.53 Å². The summed E-state index contributed by atoms with van der Waals surface area (Å²) in [5.74, 6) is -0.101. The Morgan fingerprint density at radius 3 is 2.86 bits per heavy atom. The molecule has 1 N–H and O–H groups in total. The SMILES string of the molecule is CC(C(=O)Nc1ccccc1C#N)N1CCOC(C)(C)C1. The van der Waals surface area contributed by atoms with Crippen molar-refractivity contribution in [3.8, 4) is 6.07 Å². The van der Waals surface area contributed by atoms with Gasteiger partial charge in [-0.25, -0.2) is 0 Å². The lowest BCUT2D eigenvalue weighted by Gasteiger charge is -2.40. The molecule has 0 bridgehead atoms. The second kappa shape index (κ2) is 6.25. The Kier molecular flexibility index (Phi) is 4.61. The number of nitrogens with one attached hydrogen (secondary N) is 1. The van der Waals surface area contributed by atoms with E-state index in [1.807, 2.05) is 20.8 Å². The molecule has 1 aliphatic rings. The smallest absolute Gasteiger partial charge is 0.241 e. The summed E-state index contributed by atoms with van der Waals surface area (Å²) in [6, 6.07) is 8.84. The van der Waals surface area contributed by atoms with Gasteiger partial charge in [0, 0.05) is 13.1 Å². The van der Waals surface area contributed by atoms with Crippen LogP contribution in [0.2, 0.25) is 0 Å². The van der Waals surface area contributed by atoms with Crippen molar-refractivity contribution < 1.29 is 9.53 Å². The maximum Gasteiger partial charge on any atom is 0.241 e. The molecule has 1 amide bonds. The zero-order chi connectivity index (χ0) is 15.5. The Bertz CT molecular complexity index is 563. The van der Waals surface area contributed by atoms with Crippen molar-refractivity contribution in [2.24, 2.45) is 0 Å². The van der Waals surface area contributed by atoms with E-state index in [1.54, 1.807) is 24.3 Å². The van der Waals surface area contributed by atoms with E-state index in [0.717, 1.165) is 6.54 Å². The largest absolute Gasteiger partial charge is 0.373 e. The Balaban J connectivity index is 2.05. The Morgan fingerprint density at radius 1 is 1.48 bits per heavy atom. The first kappa shape index (κ1) is 15.5. The number of nitrogens with zero attached hydrogens (tertiary/aromatic N) is 2. The summed E-state index contributed by atoms with van der Waals surface area (Å²) in [6.07, 6.45) is 0. The summed E-state index contributed by atoms with van der Waals surface area (Å²) in [5, 5.41) is 11.9. The first-order valence-corrected chi connectivity index (χ1v) is 7.11. The molecule has 2 rings (SSSR count). The lowest BCUT2D eigenvalue weighted by Crippen LogP contribution is -2.54. The molecule has 1 aliphatic heterocycles. The van der Waals surface area contributed by atoms with E-state index in [9.17, 15) is 4.79 Å². The van der Waals surface area contributed by atoms with Crippen molar-refractivity contribution in [2.75, 3.05) is 25.0 Å². The minimum Gasteiger partial charge on any atom is -0.373 e. The number of para-hydroxylation sites is 1. The zero-order valence-electron chi connectivity index (χ0n) is 12.7. The number of rotatable bonds is 3. The van der Waals surface area contributed by atoms with E-state index < -0.39 is 0 Å². The fourth-order valence-corrected chi connectivity index (χ4v) is 2.48. The molecule has 0 aromatic heterocycles. The summed E-state index contributed by atoms with van der Waals surface area (Å²) >= 11 is 0. The van der Waals surface area contributed by atoms with E-state index in [4.69, 9.17) is 10.00 Å². The third-order valence-corrected chi connectivity index (χ3v) is 3.69. The molecule has 1 unspecified atom stereocenters. The van der Waals surface area contributed by atoms with Crippen molar-refractivity contribution in [2.45, 2.75) is 32.4 Å². The van der Waals surface area contributed by atoms with Gasteiger partial charge in [-0.2, -0.15) is 5.26 Å². The minimum absolute atomic E-state index is 0.101. The van der Waals surface area contributed by atoms with Crippen LogP contribution >= 0.6 is 0 Å². The number of nitriles is 1. The third kappa shape index (κ3) is 3.81. The van der Waals surface area contributed by atoms with Gasteiger partial charge in [-0.3, -0.25) is 9.69 Å². The van der Waals surface area contributed by atoms with Crippen molar-refractivity contribution >= 4 is 11.6 Å². The molecular formula is C16H21N3O2. The van der Waals surface area contributed by atoms with Crippen LogP contribution in [0.25, 0.3) is 0 Å². The molecule has 1 saturated heterocycles. The first-order valence-electron chi connectivity index (χ1n) is 7.11. The molecule has 0 spiro atoms. The molecule has 21 heavy (non-hydrogen) atoms. The predicted octanol–water partition coefficient (Wildman–Crippen LogP) is 2.00. The number of ether oxygens (including phenoxy) is 1. The van der Waals surface area contributed by atoms with Crippen LogP contribution < -0.4 is 5.32 Å². The monoisotopic (exact) mass is 287 g/mol. The second-order valence-electron chi connectivity index (χ2n) is 5.90. The molecule has 1 aromatic rings. The average Bonchev–Trinajstić information content (AvgIpc) is 2.46. The lowest BCUT2D eigenvalue weighted by atomic mass is 10.1. The molecular weight excluding hydrogens is 266 g/mol. The van der Waals surface area contributed by atoms with Crippen LogP contribution in [0.15, 0.2) is 24.3 Å². The Labute approximate surface area is 125 Å². The molecule has 0 aliphatic carbocycles. The summed E-state index contributed by atoms with van der Waals surface area (Å²) in [4.78, 5) is 14.5. The molecule has 1 aromatic carbocycles. The molecule has 1 fully saturated rings. The molecule has 1 heterocycles. The maximum atomic E-state index is 12.4. The summed E-state index contributed by atoms with van der Waals surface area (Å²) in [7, 11) is 0. The van der Waals surface area contributed by atoms with Gasteiger partial charge < -0.3 is 10.1 Å². The summed E-state index contributed by atoms with van der Waals surface area (Å²) < 4.78 is 5.66. The highest BCUT2D eigenvalue weighted by Gasteiger charge is 2.32. The average molecular weight is 287 g/mol. The number of hydrogen-bond donors (Lipinski definition) is 1. The minimum atomic E-state index is -0.264. The van der Waals surface area contributed by atoms with Gasteiger partial charge in [0.2, 0.25) is 5.91 Å². The van der Waals surface area contributed by atoms with Crippen LogP contribution in [0.4, 0.5) is 5.69 Å². The third-order valence-electron chi connectivity index (χ3n) is 3.69. The van der Waals surface area contributed by atoms with Crippen LogP contribution in [-0.4, -0.2) is 42.1 Å². The summed E-state index contributed by atoms with van der Waals surface area (Å²) in [6.45, 7) is 7.99. The molecule has 5 heteroatoms. The van der Waals surface area contributed by atoms with Gasteiger partial charge in [0.1, 0.15) is 6.07 Å². The Morgan fingerprint density at radius 2 is 2.19 bits per heavy atom. The fraction of sp³-hybridized carbons (Fsp3) is 0.500. The van der Waals surface area contributed by atoms with Gasteiger partial charge in [0.15, 0.2) is 0 Å². The molecule has 112 valence electrons. The topological polar surface area (TPSA) is 65.4 Å². The first-order chi connectivity index (χ1) is 9.93. The Hall–Kier alpha value is -1.90. The molecule has 0 saturated carbocycles. The van der Waals surface area contributed by atoms with Gasteiger partial charge in [-0.15, -0.1) is 0 Å². The van der Waals surface area contributed by atoms with Crippen LogP contribution in [0.3, 0.4) is 0 Å². The highest BCUT2D eigenvalue weighted by atomic mass is 16.5. The van der Waals surface area contributed by atoms with Crippen molar-refractivity contribution in [1.29, 1.82) is 5.26 Å². The fourth-order valence-electron chi connectivity index (χ4n) is 2.48. The van der Waals surface area contributed by atoms with E-state index in [-0.39, 0.29) is 17.6 Å². The van der Waals surface area contributed by atoms with Crippen molar-refractivity contribution in [3.05, 3.63) is 29.8 Å². The van der Waals surface area contributed by atoms with E-state index in [1.165, 1.54) is 0 Å². The lowest BCUT2D eigenvalue weighted by molar-refractivity contribution is -0.129. The highest BCUT2D eigenvalue weighted by molar-refractivity contribution is 5.95. The van der Waals surface area contributed by atoms with Gasteiger partial charge in [-0.05, 0) is 32.9 Å². The number of carbonyl (C=O) groups excluding carboxylic acids is 1. The van der Waals surface area contributed by atoms with Crippen molar-refractivity contribution in [1.82, 2.24) is 4.90 Å². The maximum absolute atomic E-state index is 12.4. The molecule has 1 atom stereocenters. The zero-order valence-corrected chi connectivity index (χ0v) is 12.7. The number of morpholine rings is 1.